The number of fused-ring (bicyclic) bond motifs is 1. The van der Waals surface area contributed by atoms with Crippen molar-refractivity contribution < 1.29 is 45.0 Å². The van der Waals surface area contributed by atoms with Gasteiger partial charge in [-0.15, -0.1) is 0 Å². The molecule has 1 aliphatic rings. The highest BCUT2D eigenvalue weighted by molar-refractivity contribution is 7.92. The van der Waals surface area contributed by atoms with Gasteiger partial charge in [0.2, 0.25) is 0 Å². The first-order valence-corrected chi connectivity index (χ1v) is 12.0. The molecule has 0 saturated carbocycles. The highest BCUT2D eigenvalue weighted by Crippen LogP contribution is 2.42. The van der Waals surface area contributed by atoms with Crippen LogP contribution in [0.1, 0.15) is 12.0 Å². The fraction of sp³-hybridized carbons (Fsp3) is 0.174. The largest absolute Gasteiger partial charge is 0.486 e. The van der Waals surface area contributed by atoms with Gasteiger partial charge in [0.1, 0.15) is 23.5 Å². The molecule has 0 saturated heterocycles. The van der Waals surface area contributed by atoms with Crippen LogP contribution in [0.25, 0.3) is 11.1 Å². The number of hydrogen-bond acceptors (Lipinski definition) is 4. The number of aliphatic carboxylic acids is 1. The number of benzene rings is 3. The average Bonchev–Trinajstić information content (AvgIpc) is 2.79. The molecule has 1 N–H and O–H groups in total. The fourth-order valence-corrected chi connectivity index (χ4v) is 5.50. The van der Waals surface area contributed by atoms with E-state index in [0.717, 1.165) is 18.2 Å². The van der Waals surface area contributed by atoms with Gasteiger partial charge in [-0.05, 0) is 42.0 Å². The number of carboxylic acid groups (broad SMARTS) is 1. The Labute approximate surface area is 206 Å². The summed E-state index contributed by atoms with van der Waals surface area (Å²) in [6.07, 6.45) is -6.58. The summed E-state index contributed by atoms with van der Waals surface area (Å²) in [7, 11) is -4.67. The SMILES string of the molecule is O=C(O)CC1CN(S(=O)(=O)c2cccc(C(F)(F)F)c2)c2cc(-c3cc(F)cc(F)c3Cl)ccc2O1. The van der Waals surface area contributed by atoms with E-state index < -0.39 is 68.4 Å². The molecule has 6 nitrogen and oxygen atoms in total. The van der Waals surface area contributed by atoms with E-state index >= 15 is 0 Å². The number of sulfonamides is 1. The summed E-state index contributed by atoms with van der Waals surface area (Å²) in [6.45, 7) is -0.549. The Morgan fingerprint density at radius 3 is 2.50 bits per heavy atom. The maximum absolute atomic E-state index is 14.0. The normalized spacial score (nSPS) is 15.8. The van der Waals surface area contributed by atoms with Crippen molar-refractivity contribution >= 4 is 33.3 Å². The van der Waals surface area contributed by atoms with Crippen LogP contribution in [0.15, 0.2) is 59.5 Å². The molecule has 0 radical (unpaired) electrons. The zero-order valence-electron chi connectivity index (χ0n) is 17.9. The minimum absolute atomic E-state index is 0.0849. The van der Waals surface area contributed by atoms with E-state index in [0.29, 0.717) is 22.5 Å². The maximum Gasteiger partial charge on any atom is 0.416 e. The van der Waals surface area contributed by atoms with Crippen LogP contribution in [-0.4, -0.2) is 32.1 Å². The Kier molecular flexibility index (Phi) is 6.60. The smallest absolute Gasteiger partial charge is 0.416 e. The number of carboxylic acids is 1. The lowest BCUT2D eigenvalue weighted by atomic mass is 10.0. The van der Waals surface area contributed by atoms with Crippen molar-refractivity contribution in [2.75, 3.05) is 10.8 Å². The number of anilines is 1. The lowest BCUT2D eigenvalue weighted by Crippen LogP contribution is -2.44. The Balaban J connectivity index is 1.87. The van der Waals surface area contributed by atoms with Gasteiger partial charge in [-0.1, -0.05) is 23.7 Å². The summed E-state index contributed by atoms with van der Waals surface area (Å²) in [4.78, 5) is 10.5. The second-order valence-electron chi connectivity index (χ2n) is 7.83. The molecule has 0 aromatic heterocycles. The van der Waals surface area contributed by atoms with Crippen LogP contribution >= 0.6 is 11.6 Å². The molecular formula is C23H15ClF5NO5S. The topological polar surface area (TPSA) is 83.9 Å². The van der Waals surface area contributed by atoms with Crippen LogP contribution in [0.5, 0.6) is 5.75 Å². The highest BCUT2D eigenvalue weighted by Gasteiger charge is 2.37. The lowest BCUT2D eigenvalue weighted by molar-refractivity contribution is -0.139. The number of halogens is 6. The molecule has 36 heavy (non-hydrogen) atoms. The van der Waals surface area contributed by atoms with Gasteiger partial charge in [-0.25, -0.2) is 17.2 Å². The van der Waals surface area contributed by atoms with Gasteiger partial charge >= 0.3 is 12.1 Å². The number of nitrogens with zero attached hydrogens (tertiary/aromatic N) is 1. The van der Waals surface area contributed by atoms with Crippen molar-refractivity contribution in [1.29, 1.82) is 0 Å². The molecule has 4 rings (SSSR count). The number of ether oxygens (including phenoxy) is 1. The second kappa shape index (κ2) is 9.25. The molecule has 0 fully saturated rings. The molecule has 0 spiro atoms. The molecule has 0 aliphatic carbocycles. The Bertz CT molecular complexity index is 1460. The Hall–Kier alpha value is -3.38. The Morgan fingerprint density at radius 2 is 1.83 bits per heavy atom. The number of alkyl halides is 3. The number of carbonyl (C=O) groups is 1. The van der Waals surface area contributed by atoms with Gasteiger partial charge in [0.15, 0.2) is 0 Å². The quantitative estimate of drug-likeness (QED) is 0.325. The molecule has 1 heterocycles. The van der Waals surface area contributed by atoms with Crippen LogP contribution in [0.4, 0.5) is 27.6 Å². The minimum atomic E-state index is -4.81. The monoisotopic (exact) mass is 547 g/mol. The summed E-state index contributed by atoms with van der Waals surface area (Å²) in [6, 6.07) is 8.33. The van der Waals surface area contributed by atoms with Crippen molar-refractivity contribution in [3.8, 4) is 16.9 Å². The Morgan fingerprint density at radius 1 is 1.11 bits per heavy atom. The third-order valence-electron chi connectivity index (χ3n) is 5.35. The molecule has 3 aromatic carbocycles. The molecule has 1 unspecified atom stereocenters. The van der Waals surface area contributed by atoms with Crippen molar-refractivity contribution in [1.82, 2.24) is 0 Å². The van der Waals surface area contributed by atoms with E-state index in [2.05, 4.69) is 0 Å². The molecule has 13 heteroatoms. The maximum atomic E-state index is 14.0. The molecule has 3 aromatic rings. The summed E-state index contributed by atoms with van der Waals surface area (Å²) in [5.74, 6) is -3.40. The van der Waals surface area contributed by atoms with Gasteiger partial charge in [0.05, 0.1) is 34.1 Å². The van der Waals surface area contributed by atoms with Crippen molar-refractivity contribution in [2.45, 2.75) is 23.6 Å². The van der Waals surface area contributed by atoms with E-state index in [9.17, 15) is 35.2 Å². The van der Waals surface area contributed by atoms with Crippen LogP contribution in [0.3, 0.4) is 0 Å². The standard InChI is InChI=1S/C23H15ClF5NO5S/c24-22-17(8-14(25)9-18(22)26)12-4-5-20-19(6-12)30(11-15(35-20)10-21(31)32)36(33,34)16-3-1-2-13(7-16)23(27,28)29/h1-9,15H,10-11H2,(H,31,32). The first-order valence-electron chi connectivity index (χ1n) is 10.1. The van der Waals surface area contributed by atoms with Crippen LogP contribution in [0, 0.1) is 11.6 Å². The van der Waals surface area contributed by atoms with Gasteiger partial charge in [-0.3, -0.25) is 9.10 Å². The van der Waals surface area contributed by atoms with E-state index in [1.165, 1.54) is 18.2 Å². The average molecular weight is 548 g/mol. The molecule has 190 valence electrons. The summed E-state index contributed by atoms with van der Waals surface area (Å²) < 4.78 is 101. The molecular weight excluding hydrogens is 533 g/mol. The zero-order chi connectivity index (χ0) is 26.4. The van der Waals surface area contributed by atoms with Crippen LogP contribution < -0.4 is 9.04 Å². The van der Waals surface area contributed by atoms with Gasteiger partial charge in [-0.2, -0.15) is 13.2 Å². The van der Waals surface area contributed by atoms with E-state index in [4.69, 9.17) is 21.4 Å². The predicted octanol–water partition coefficient (Wildman–Crippen LogP) is 5.74. The number of rotatable bonds is 5. The third kappa shape index (κ3) is 4.96. The summed E-state index contributed by atoms with van der Waals surface area (Å²) in [5, 5.41) is 8.72. The van der Waals surface area contributed by atoms with E-state index in [1.807, 2.05) is 0 Å². The van der Waals surface area contributed by atoms with Crippen LogP contribution in [0.2, 0.25) is 5.02 Å². The first kappa shape index (κ1) is 25.7. The summed E-state index contributed by atoms with van der Waals surface area (Å²) in [5.41, 5.74) is -1.40. The second-order valence-corrected chi connectivity index (χ2v) is 10.1. The van der Waals surface area contributed by atoms with Crippen molar-refractivity contribution in [3.63, 3.8) is 0 Å². The molecule has 0 bridgehead atoms. The highest BCUT2D eigenvalue weighted by atomic mass is 35.5. The van der Waals surface area contributed by atoms with Crippen LogP contribution in [-0.2, 0) is 21.0 Å². The minimum Gasteiger partial charge on any atom is -0.486 e. The third-order valence-corrected chi connectivity index (χ3v) is 7.51. The van der Waals surface area contributed by atoms with Crippen molar-refractivity contribution in [3.05, 3.63) is 76.8 Å². The molecule has 1 atom stereocenters. The molecule has 0 amide bonds. The zero-order valence-corrected chi connectivity index (χ0v) is 19.5. The van der Waals surface area contributed by atoms with E-state index in [1.54, 1.807) is 0 Å². The first-order chi connectivity index (χ1) is 16.8. The van der Waals surface area contributed by atoms with Gasteiger partial charge < -0.3 is 9.84 Å². The van der Waals surface area contributed by atoms with Gasteiger partial charge in [0.25, 0.3) is 10.0 Å². The molecule has 1 aliphatic heterocycles. The van der Waals surface area contributed by atoms with Crippen molar-refractivity contribution in [2.24, 2.45) is 0 Å². The number of hydrogen-bond donors (Lipinski definition) is 1. The predicted molar refractivity (Wildman–Crippen MR) is 119 cm³/mol. The fourth-order valence-electron chi connectivity index (χ4n) is 3.73. The van der Waals surface area contributed by atoms with Gasteiger partial charge in [0, 0.05) is 11.6 Å². The lowest BCUT2D eigenvalue weighted by Gasteiger charge is -2.35. The summed E-state index contributed by atoms with van der Waals surface area (Å²) >= 11 is 5.97. The van der Waals surface area contributed by atoms with E-state index in [-0.39, 0.29) is 22.6 Å².